The van der Waals surface area contributed by atoms with Crippen molar-refractivity contribution in [3.05, 3.63) is 65.2 Å². The minimum Gasteiger partial charge on any atom is -0.330 e. The molecule has 176 valence electrons. The van der Waals surface area contributed by atoms with E-state index in [1.165, 1.54) is 4.31 Å². The van der Waals surface area contributed by atoms with Crippen molar-refractivity contribution in [2.45, 2.75) is 50.6 Å². The van der Waals surface area contributed by atoms with Gasteiger partial charge in [-0.25, -0.2) is 8.42 Å². The molecule has 0 unspecified atom stereocenters. The maximum absolute atomic E-state index is 13.0. The molecule has 8 heteroatoms. The van der Waals surface area contributed by atoms with E-state index in [2.05, 4.69) is 0 Å². The molecule has 2 saturated heterocycles. The first kappa shape index (κ1) is 23.4. The lowest BCUT2D eigenvalue weighted by atomic mass is 10.0. The summed E-state index contributed by atoms with van der Waals surface area (Å²) in [7, 11) is -3.56. The monoisotopic (exact) mass is 469 g/mol. The Morgan fingerprint density at radius 1 is 0.818 bits per heavy atom. The van der Waals surface area contributed by atoms with E-state index in [4.69, 9.17) is 0 Å². The van der Waals surface area contributed by atoms with E-state index in [9.17, 15) is 18.0 Å². The first-order valence-electron chi connectivity index (χ1n) is 11.5. The molecule has 0 spiro atoms. The van der Waals surface area contributed by atoms with Crippen LogP contribution in [0.1, 0.15) is 36.5 Å². The number of piperidine rings is 1. The number of hydrogen-bond donors (Lipinski definition) is 0. The largest absolute Gasteiger partial charge is 0.330 e. The Labute approximate surface area is 196 Å². The molecule has 4 rings (SSSR count). The lowest BCUT2D eigenvalue weighted by molar-refractivity contribution is -0.158. The molecule has 2 aromatic carbocycles. The summed E-state index contributed by atoms with van der Waals surface area (Å²) in [5, 5.41) is 0. The molecule has 2 aliphatic heterocycles. The van der Waals surface area contributed by atoms with Crippen LogP contribution in [-0.4, -0.2) is 66.6 Å². The van der Waals surface area contributed by atoms with Gasteiger partial charge in [0, 0.05) is 38.8 Å². The molecule has 2 aromatic rings. The summed E-state index contributed by atoms with van der Waals surface area (Å²) in [5.41, 5.74) is 3.25. The Kier molecular flexibility index (Phi) is 6.86. The van der Waals surface area contributed by atoms with E-state index in [0.29, 0.717) is 50.5 Å². The van der Waals surface area contributed by atoms with Crippen molar-refractivity contribution in [2.75, 3.05) is 26.2 Å². The van der Waals surface area contributed by atoms with E-state index in [1.807, 2.05) is 50.2 Å². The highest BCUT2D eigenvalue weighted by Gasteiger charge is 2.39. The molecule has 0 bridgehead atoms. The van der Waals surface area contributed by atoms with Crippen LogP contribution in [0.25, 0.3) is 0 Å². The number of hydrogen-bond acceptors (Lipinski definition) is 4. The molecule has 0 aromatic heterocycles. The SMILES string of the molecule is CCc1ccc(S(=O)(=O)N2CCC(N3CCN(Cc4ccc(C)cc4)C(=O)C3=O)CC2)cc1. The molecule has 0 aliphatic carbocycles. The predicted octanol–water partition coefficient (Wildman–Crippen LogP) is 2.58. The topological polar surface area (TPSA) is 78.0 Å². The zero-order chi connectivity index (χ0) is 23.6. The van der Waals surface area contributed by atoms with Gasteiger partial charge < -0.3 is 9.80 Å². The Bertz CT molecular complexity index is 1110. The Balaban J connectivity index is 1.35. The standard InChI is InChI=1S/C25H31N3O4S/c1-3-20-8-10-23(11-9-20)33(31,32)27-14-12-22(13-15-27)28-17-16-26(24(29)25(28)30)18-21-6-4-19(2)5-7-21/h4-11,22H,3,12-18H2,1-2H3. The predicted molar refractivity (Wildman–Crippen MR) is 126 cm³/mol. The van der Waals surface area contributed by atoms with Crippen LogP contribution in [0.2, 0.25) is 0 Å². The zero-order valence-electron chi connectivity index (χ0n) is 19.2. The van der Waals surface area contributed by atoms with E-state index in [1.54, 1.807) is 21.9 Å². The number of rotatable bonds is 6. The van der Waals surface area contributed by atoms with E-state index in [-0.39, 0.29) is 6.04 Å². The van der Waals surface area contributed by atoms with Gasteiger partial charge in [-0.3, -0.25) is 9.59 Å². The van der Waals surface area contributed by atoms with Crippen molar-refractivity contribution in [1.82, 2.24) is 14.1 Å². The zero-order valence-corrected chi connectivity index (χ0v) is 20.1. The summed E-state index contributed by atoms with van der Waals surface area (Å²) in [6, 6.07) is 14.9. The van der Waals surface area contributed by atoms with Crippen LogP contribution in [0.15, 0.2) is 53.4 Å². The summed E-state index contributed by atoms with van der Waals surface area (Å²) < 4.78 is 27.5. The highest BCUT2D eigenvalue weighted by atomic mass is 32.2. The van der Waals surface area contributed by atoms with Gasteiger partial charge in [0.05, 0.1) is 4.90 Å². The third kappa shape index (κ3) is 4.96. The highest BCUT2D eigenvalue weighted by molar-refractivity contribution is 7.89. The lowest BCUT2D eigenvalue weighted by Gasteiger charge is -2.41. The number of aryl methyl sites for hydroxylation is 2. The molecular formula is C25H31N3O4S. The molecule has 0 N–H and O–H groups in total. The number of piperazine rings is 1. The fraction of sp³-hybridized carbons (Fsp3) is 0.440. The minimum absolute atomic E-state index is 0.114. The van der Waals surface area contributed by atoms with Crippen LogP contribution < -0.4 is 0 Å². The van der Waals surface area contributed by atoms with Crippen LogP contribution in [0.5, 0.6) is 0 Å². The van der Waals surface area contributed by atoms with Crippen molar-refractivity contribution >= 4 is 21.8 Å². The summed E-state index contributed by atoms with van der Waals surface area (Å²) in [6.45, 7) is 6.11. The third-order valence-corrected chi connectivity index (χ3v) is 8.58. The van der Waals surface area contributed by atoms with Gasteiger partial charge in [-0.1, -0.05) is 48.9 Å². The number of amides is 2. The molecule has 7 nitrogen and oxygen atoms in total. The molecule has 2 heterocycles. The highest BCUT2D eigenvalue weighted by Crippen LogP contribution is 2.25. The molecule has 0 radical (unpaired) electrons. The molecule has 2 aliphatic rings. The van der Waals surface area contributed by atoms with E-state index in [0.717, 1.165) is 23.1 Å². The number of benzene rings is 2. The summed E-state index contributed by atoms with van der Waals surface area (Å²) in [5.74, 6) is -0.960. The van der Waals surface area contributed by atoms with Gasteiger partial charge in [-0.05, 0) is 49.4 Å². The van der Waals surface area contributed by atoms with Crippen LogP contribution in [0.4, 0.5) is 0 Å². The molecule has 2 fully saturated rings. The van der Waals surface area contributed by atoms with Crippen molar-refractivity contribution in [2.24, 2.45) is 0 Å². The second-order valence-corrected chi connectivity index (χ2v) is 10.8. The fourth-order valence-electron chi connectivity index (χ4n) is 4.54. The first-order valence-corrected chi connectivity index (χ1v) is 13.0. The van der Waals surface area contributed by atoms with Crippen molar-refractivity contribution in [3.63, 3.8) is 0 Å². The van der Waals surface area contributed by atoms with Crippen LogP contribution in [-0.2, 0) is 32.6 Å². The van der Waals surface area contributed by atoms with Crippen molar-refractivity contribution in [1.29, 1.82) is 0 Å². The average molecular weight is 470 g/mol. The lowest BCUT2D eigenvalue weighted by Crippen LogP contribution is -2.58. The smallest absolute Gasteiger partial charge is 0.312 e. The van der Waals surface area contributed by atoms with Crippen LogP contribution in [0.3, 0.4) is 0 Å². The third-order valence-electron chi connectivity index (χ3n) is 6.67. The fourth-order valence-corrected chi connectivity index (χ4v) is 6.01. The van der Waals surface area contributed by atoms with Gasteiger partial charge in [0.15, 0.2) is 0 Å². The number of nitrogens with zero attached hydrogens (tertiary/aromatic N) is 3. The van der Waals surface area contributed by atoms with Crippen molar-refractivity contribution < 1.29 is 18.0 Å². The van der Waals surface area contributed by atoms with Gasteiger partial charge in [0.25, 0.3) is 0 Å². The molecule has 0 saturated carbocycles. The second kappa shape index (κ2) is 9.65. The van der Waals surface area contributed by atoms with E-state index < -0.39 is 21.8 Å². The second-order valence-electron chi connectivity index (χ2n) is 8.84. The molecule has 2 amide bonds. The Morgan fingerprint density at radius 3 is 2.03 bits per heavy atom. The van der Waals surface area contributed by atoms with Gasteiger partial charge in [-0.15, -0.1) is 0 Å². The van der Waals surface area contributed by atoms with Gasteiger partial charge in [0.2, 0.25) is 10.0 Å². The van der Waals surface area contributed by atoms with Crippen molar-refractivity contribution in [3.8, 4) is 0 Å². The maximum atomic E-state index is 13.0. The Hall–Kier alpha value is -2.71. The van der Waals surface area contributed by atoms with E-state index >= 15 is 0 Å². The number of carbonyl (C=O) groups excluding carboxylic acids is 2. The number of sulfonamides is 1. The summed E-state index contributed by atoms with van der Waals surface area (Å²) in [6.07, 6.45) is 1.92. The van der Waals surface area contributed by atoms with Crippen LogP contribution in [0, 0.1) is 6.92 Å². The minimum atomic E-state index is -3.56. The normalized spacial score (nSPS) is 18.7. The summed E-state index contributed by atoms with van der Waals surface area (Å²) >= 11 is 0. The average Bonchev–Trinajstić information content (AvgIpc) is 2.83. The molecule has 33 heavy (non-hydrogen) atoms. The maximum Gasteiger partial charge on any atom is 0.312 e. The number of carbonyl (C=O) groups is 2. The Morgan fingerprint density at radius 2 is 1.42 bits per heavy atom. The van der Waals surface area contributed by atoms with Crippen LogP contribution >= 0.6 is 0 Å². The first-order chi connectivity index (χ1) is 15.8. The van der Waals surface area contributed by atoms with Gasteiger partial charge in [0.1, 0.15) is 0 Å². The summed E-state index contributed by atoms with van der Waals surface area (Å²) in [4.78, 5) is 29.1. The van der Waals surface area contributed by atoms with Gasteiger partial charge in [-0.2, -0.15) is 4.31 Å². The molecular weight excluding hydrogens is 438 g/mol. The molecule has 0 atom stereocenters. The van der Waals surface area contributed by atoms with Gasteiger partial charge >= 0.3 is 11.8 Å². The quantitative estimate of drug-likeness (QED) is 0.610.